The minimum atomic E-state index is 0.111. The van der Waals surface area contributed by atoms with Crippen molar-refractivity contribution in [3.8, 4) is 0 Å². The van der Waals surface area contributed by atoms with E-state index < -0.39 is 0 Å². The number of carbonyl (C=O) groups excluding carboxylic acids is 1. The number of carbonyl (C=O) groups is 1. The summed E-state index contributed by atoms with van der Waals surface area (Å²) in [5, 5.41) is 4.35. The van der Waals surface area contributed by atoms with Crippen LogP contribution in [-0.2, 0) is 17.9 Å². The highest BCUT2D eigenvalue weighted by Crippen LogP contribution is 2.31. The summed E-state index contributed by atoms with van der Waals surface area (Å²) in [6.45, 7) is 4.29. The summed E-state index contributed by atoms with van der Waals surface area (Å²) in [5.74, 6) is 0.190. The van der Waals surface area contributed by atoms with E-state index in [2.05, 4.69) is 27.1 Å². The number of pyridine rings is 1. The molecule has 1 atom stereocenters. The lowest BCUT2D eigenvalue weighted by Crippen LogP contribution is -2.31. The molecule has 1 amide bonds. The third-order valence-corrected chi connectivity index (χ3v) is 4.59. The Bertz CT molecular complexity index is 707. The van der Waals surface area contributed by atoms with Crippen molar-refractivity contribution in [2.75, 3.05) is 20.6 Å². The van der Waals surface area contributed by atoms with Gasteiger partial charge in [0.15, 0.2) is 0 Å². The van der Waals surface area contributed by atoms with Gasteiger partial charge in [0.2, 0.25) is 5.91 Å². The molecule has 3 rings (SSSR count). The van der Waals surface area contributed by atoms with Crippen molar-refractivity contribution in [2.24, 2.45) is 0 Å². The highest BCUT2D eigenvalue weighted by Gasteiger charge is 2.30. The number of rotatable bonds is 6. The zero-order chi connectivity index (χ0) is 17.8. The van der Waals surface area contributed by atoms with Gasteiger partial charge in [-0.05, 0) is 51.6 Å². The minimum Gasteiger partial charge on any atom is -0.334 e. The van der Waals surface area contributed by atoms with Crippen LogP contribution in [0.3, 0.4) is 0 Å². The predicted octanol–water partition coefficient (Wildman–Crippen LogP) is 2.40. The van der Waals surface area contributed by atoms with Crippen LogP contribution in [0.1, 0.15) is 42.3 Å². The number of aryl methyl sites for hydroxylation is 2. The topological polar surface area (TPSA) is 54.3 Å². The van der Waals surface area contributed by atoms with Gasteiger partial charge >= 0.3 is 0 Å². The second kappa shape index (κ2) is 7.78. The van der Waals surface area contributed by atoms with Crippen LogP contribution in [0.4, 0.5) is 0 Å². The van der Waals surface area contributed by atoms with Crippen molar-refractivity contribution in [1.82, 2.24) is 24.6 Å². The summed E-state index contributed by atoms with van der Waals surface area (Å²) in [4.78, 5) is 21.4. The van der Waals surface area contributed by atoms with Gasteiger partial charge in [-0.3, -0.25) is 14.5 Å². The third-order valence-electron chi connectivity index (χ3n) is 4.59. The maximum absolute atomic E-state index is 12.7. The average molecular weight is 341 g/mol. The SMILES string of the molecule is Cc1ccn(CCC(=O)N2CCC[C@H]2c2ccc(CN(C)C)cn2)n1. The van der Waals surface area contributed by atoms with Crippen LogP contribution in [0.5, 0.6) is 0 Å². The molecule has 0 spiro atoms. The molecule has 1 saturated heterocycles. The Balaban J connectivity index is 1.62. The first-order valence-electron chi connectivity index (χ1n) is 8.92. The molecule has 2 aromatic heterocycles. The van der Waals surface area contributed by atoms with Crippen molar-refractivity contribution >= 4 is 5.91 Å². The Morgan fingerprint density at radius 3 is 2.80 bits per heavy atom. The third kappa shape index (κ3) is 4.45. The molecule has 1 aliphatic heterocycles. The van der Waals surface area contributed by atoms with E-state index in [9.17, 15) is 4.79 Å². The van der Waals surface area contributed by atoms with Crippen molar-refractivity contribution in [2.45, 2.75) is 45.3 Å². The first kappa shape index (κ1) is 17.6. The van der Waals surface area contributed by atoms with Gasteiger partial charge in [-0.1, -0.05) is 6.07 Å². The smallest absolute Gasteiger partial charge is 0.224 e. The Kier molecular flexibility index (Phi) is 5.48. The van der Waals surface area contributed by atoms with Crippen molar-refractivity contribution in [3.63, 3.8) is 0 Å². The molecule has 1 fully saturated rings. The maximum Gasteiger partial charge on any atom is 0.224 e. The van der Waals surface area contributed by atoms with Gasteiger partial charge in [0.1, 0.15) is 0 Å². The van der Waals surface area contributed by atoms with E-state index in [-0.39, 0.29) is 11.9 Å². The van der Waals surface area contributed by atoms with Crippen LogP contribution >= 0.6 is 0 Å². The highest BCUT2D eigenvalue weighted by molar-refractivity contribution is 5.76. The van der Waals surface area contributed by atoms with Crippen molar-refractivity contribution < 1.29 is 4.79 Å². The maximum atomic E-state index is 12.7. The molecule has 25 heavy (non-hydrogen) atoms. The van der Waals surface area contributed by atoms with E-state index >= 15 is 0 Å². The summed E-state index contributed by atoms with van der Waals surface area (Å²) in [6, 6.07) is 6.27. The molecule has 0 unspecified atom stereocenters. The molecular formula is C19H27N5O. The molecule has 0 radical (unpaired) electrons. The monoisotopic (exact) mass is 341 g/mol. The zero-order valence-electron chi connectivity index (χ0n) is 15.4. The zero-order valence-corrected chi connectivity index (χ0v) is 15.4. The number of hydrogen-bond donors (Lipinski definition) is 0. The van der Waals surface area contributed by atoms with Gasteiger partial charge in [0, 0.05) is 38.4 Å². The lowest BCUT2D eigenvalue weighted by Gasteiger charge is -2.24. The van der Waals surface area contributed by atoms with Gasteiger partial charge in [0.05, 0.1) is 17.4 Å². The molecule has 0 saturated carbocycles. The van der Waals surface area contributed by atoms with Crippen LogP contribution in [0.25, 0.3) is 0 Å². The normalized spacial score (nSPS) is 17.4. The van der Waals surface area contributed by atoms with E-state index in [1.807, 2.05) is 49.1 Å². The predicted molar refractivity (Wildman–Crippen MR) is 96.9 cm³/mol. The quantitative estimate of drug-likeness (QED) is 0.810. The molecule has 0 bridgehead atoms. The average Bonchev–Trinajstić information content (AvgIpc) is 3.22. The molecule has 6 heteroatoms. The summed E-state index contributed by atoms with van der Waals surface area (Å²) in [7, 11) is 4.10. The Morgan fingerprint density at radius 1 is 1.32 bits per heavy atom. The van der Waals surface area contributed by atoms with Crippen LogP contribution in [0, 0.1) is 6.92 Å². The fourth-order valence-electron chi connectivity index (χ4n) is 3.41. The molecule has 0 aromatic carbocycles. The fourth-order valence-corrected chi connectivity index (χ4v) is 3.41. The van der Waals surface area contributed by atoms with Crippen LogP contribution in [0.15, 0.2) is 30.6 Å². The van der Waals surface area contributed by atoms with E-state index in [4.69, 9.17) is 0 Å². The van der Waals surface area contributed by atoms with Gasteiger partial charge in [-0.2, -0.15) is 5.10 Å². The molecule has 3 heterocycles. The van der Waals surface area contributed by atoms with Crippen LogP contribution < -0.4 is 0 Å². The molecule has 6 nitrogen and oxygen atoms in total. The van der Waals surface area contributed by atoms with Crippen LogP contribution in [0.2, 0.25) is 0 Å². The van der Waals surface area contributed by atoms with E-state index in [1.54, 1.807) is 0 Å². The first-order chi connectivity index (χ1) is 12.0. The van der Waals surface area contributed by atoms with Crippen molar-refractivity contribution in [3.05, 3.63) is 47.5 Å². The summed E-state index contributed by atoms with van der Waals surface area (Å²) in [5.41, 5.74) is 3.18. The molecule has 1 aliphatic rings. The Hall–Kier alpha value is -2.21. The van der Waals surface area contributed by atoms with E-state index in [1.165, 1.54) is 5.56 Å². The van der Waals surface area contributed by atoms with Gasteiger partial charge < -0.3 is 9.80 Å². The van der Waals surface area contributed by atoms with E-state index in [0.717, 1.165) is 37.3 Å². The van der Waals surface area contributed by atoms with Gasteiger partial charge in [-0.15, -0.1) is 0 Å². The van der Waals surface area contributed by atoms with Crippen LogP contribution in [-0.4, -0.2) is 51.1 Å². The Morgan fingerprint density at radius 2 is 2.16 bits per heavy atom. The number of hydrogen-bond acceptors (Lipinski definition) is 4. The lowest BCUT2D eigenvalue weighted by molar-refractivity contribution is -0.132. The largest absolute Gasteiger partial charge is 0.334 e. The molecule has 2 aromatic rings. The molecule has 134 valence electrons. The highest BCUT2D eigenvalue weighted by atomic mass is 16.2. The first-order valence-corrected chi connectivity index (χ1v) is 8.92. The fraction of sp³-hybridized carbons (Fsp3) is 0.526. The summed E-state index contributed by atoms with van der Waals surface area (Å²) < 4.78 is 1.84. The summed E-state index contributed by atoms with van der Waals surface area (Å²) >= 11 is 0. The number of likely N-dealkylation sites (tertiary alicyclic amines) is 1. The van der Waals surface area contributed by atoms with E-state index in [0.29, 0.717) is 13.0 Å². The molecular weight excluding hydrogens is 314 g/mol. The number of nitrogens with zero attached hydrogens (tertiary/aromatic N) is 5. The lowest BCUT2D eigenvalue weighted by atomic mass is 10.1. The van der Waals surface area contributed by atoms with Crippen molar-refractivity contribution in [1.29, 1.82) is 0 Å². The second-order valence-corrected chi connectivity index (χ2v) is 7.04. The van der Waals surface area contributed by atoms with Gasteiger partial charge in [0.25, 0.3) is 0 Å². The standard InChI is InChI=1S/C19H27N5O/c1-15-8-11-23(21-15)12-9-19(25)24-10-4-5-18(24)17-7-6-16(13-20-17)14-22(2)3/h6-8,11,13,18H,4-5,9-10,12,14H2,1-3H3/t18-/m0/s1. The summed E-state index contributed by atoms with van der Waals surface area (Å²) in [6.07, 6.45) is 6.37. The molecule has 0 N–H and O–H groups in total. The number of amides is 1. The second-order valence-electron chi connectivity index (χ2n) is 7.04. The minimum absolute atomic E-state index is 0.111. The Labute approximate surface area is 149 Å². The number of aromatic nitrogens is 3. The van der Waals surface area contributed by atoms with Gasteiger partial charge in [-0.25, -0.2) is 0 Å². The molecule has 0 aliphatic carbocycles.